The maximum atomic E-state index is 11.5. The van der Waals surface area contributed by atoms with E-state index in [-0.39, 0.29) is 5.97 Å². The quantitative estimate of drug-likeness (QED) is 0.869. The zero-order chi connectivity index (χ0) is 13.8. The molecule has 1 N–H and O–H groups in total. The standard InChI is InChI=1S/C14H16N2O2S/c1-9(2)16-11-8-15-7-6-10(11)12-4-5-13(19-12)14(17)18-3/h4-9,16H,1-3H3. The van der Waals surface area contributed by atoms with Crippen LogP contribution in [0.25, 0.3) is 10.4 Å². The van der Waals surface area contributed by atoms with Crippen LogP contribution in [0.3, 0.4) is 0 Å². The van der Waals surface area contributed by atoms with Gasteiger partial charge in [0.25, 0.3) is 0 Å². The Morgan fingerprint density at radius 1 is 1.37 bits per heavy atom. The molecule has 0 aliphatic carbocycles. The second-order valence-corrected chi connectivity index (χ2v) is 5.46. The van der Waals surface area contributed by atoms with Crippen molar-refractivity contribution in [1.29, 1.82) is 0 Å². The van der Waals surface area contributed by atoms with Crippen molar-refractivity contribution in [3.05, 3.63) is 35.5 Å². The summed E-state index contributed by atoms with van der Waals surface area (Å²) in [6, 6.07) is 5.98. The van der Waals surface area contributed by atoms with Crippen LogP contribution in [-0.2, 0) is 4.74 Å². The van der Waals surface area contributed by atoms with Gasteiger partial charge in [0.2, 0.25) is 0 Å². The number of aromatic nitrogens is 1. The third-order valence-electron chi connectivity index (χ3n) is 2.52. The lowest BCUT2D eigenvalue weighted by Crippen LogP contribution is -2.10. The number of nitrogens with zero attached hydrogens (tertiary/aromatic N) is 1. The van der Waals surface area contributed by atoms with Crippen molar-refractivity contribution in [2.45, 2.75) is 19.9 Å². The molecule has 5 heteroatoms. The van der Waals surface area contributed by atoms with E-state index in [2.05, 4.69) is 24.1 Å². The van der Waals surface area contributed by atoms with Crippen LogP contribution in [0, 0.1) is 0 Å². The van der Waals surface area contributed by atoms with Crippen LogP contribution in [-0.4, -0.2) is 24.1 Å². The molecule has 2 heterocycles. The Morgan fingerprint density at radius 3 is 2.84 bits per heavy atom. The summed E-state index contributed by atoms with van der Waals surface area (Å²) in [5, 5.41) is 3.35. The van der Waals surface area contributed by atoms with Gasteiger partial charge in [-0.25, -0.2) is 4.79 Å². The van der Waals surface area contributed by atoms with Crippen molar-refractivity contribution in [3.8, 4) is 10.4 Å². The Kier molecular flexibility index (Phi) is 4.16. The largest absolute Gasteiger partial charge is 0.465 e. The van der Waals surface area contributed by atoms with Crippen molar-refractivity contribution in [1.82, 2.24) is 4.98 Å². The van der Waals surface area contributed by atoms with E-state index >= 15 is 0 Å². The Labute approximate surface area is 116 Å². The highest BCUT2D eigenvalue weighted by atomic mass is 32.1. The molecule has 0 aromatic carbocycles. The second kappa shape index (κ2) is 5.84. The van der Waals surface area contributed by atoms with Crippen molar-refractivity contribution in [2.75, 3.05) is 12.4 Å². The van der Waals surface area contributed by atoms with Gasteiger partial charge in [0.1, 0.15) is 4.88 Å². The molecule has 100 valence electrons. The van der Waals surface area contributed by atoms with E-state index in [9.17, 15) is 4.79 Å². The normalized spacial score (nSPS) is 10.5. The number of pyridine rings is 1. The number of esters is 1. The first-order valence-corrected chi connectivity index (χ1v) is 6.82. The minimum atomic E-state index is -0.302. The van der Waals surface area contributed by atoms with Gasteiger partial charge in [0.15, 0.2) is 0 Å². The molecule has 2 aromatic rings. The topological polar surface area (TPSA) is 51.2 Å². The van der Waals surface area contributed by atoms with Gasteiger partial charge in [-0.05, 0) is 32.0 Å². The van der Waals surface area contributed by atoms with E-state index in [4.69, 9.17) is 4.74 Å². The maximum Gasteiger partial charge on any atom is 0.348 e. The zero-order valence-corrected chi connectivity index (χ0v) is 12.0. The molecular formula is C14H16N2O2S. The number of rotatable bonds is 4. The fourth-order valence-electron chi connectivity index (χ4n) is 1.73. The summed E-state index contributed by atoms with van der Waals surface area (Å²) < 4.78 is 4.72. The fraction of sp³-hybridized carbons (Fsp3) is 0.286. The Morgan fingerprint density at radius 2 is 2.16 bits per heavy atom. The smallest absolute Gasteiger partial charge is 0.348 e. The average Bonchev–Trinajstić information content (AvgIpc) is 2.87. The number of methoxy groups -OCH3 is 1. The monoisotopic (exact) mass is 276 g/mol. The third kappa shape index (κ3) is 3.12. The average molecular weight is 276 g/mol. The lowest BCUT2D eigenvalue weighted by molar-refractivity contribution is 0.0606. The zero-order valence-electron chi connectivity index (χ0n) is 11.1. The molecule has 0 amide bonds. The molecule has 2 aromatic heterocycles. The third-order valence-corrected chi connectivity index (χ3v) is 3.62. The van der Waals surface area contributed by atoms with Crippen LogP contribution in [0.2, 0.25) is 0 Å². The first kappa shape index (κ1) is 13.5. The number of carbonyl (C=O) groups excluding carboxylic acids is 1. The predicted octanol–water partition coefficient (Wildman–Crippen LogP) is 3.42. The number of thiophene rings is 1. The molecule has 0 radical (unpaired) electrons. The van der Waals surface area contributed by atoms with Gasteiger partial charge in [0.05, 0.1) is 19.0 Å². The molecule has 2 rings (SSSR count). The molecule has 0 aliphatic heterocycles. The van der Waals surface area contributed by atoms with Gasteiger partial charge < -0.3 is 10.1 Å². The Hall–Kier alpha value is -1.88. The number of hydrogen-bond acceptors (Lipinski definition) is 5. The summed E-state index contributed by atoms with van der Waals surface area (Å²) >= 11 is 1.42. The highest BCUT2D eigenvalue weighted by Crippen LogP contribution is 2.33. The maximum absolute atomic E-state index is 11.5. The molecule has 0 spiro atoms. The molecule has 0 atom stereocenters. The van der Waals surface area contributed by atoms with Gasteiger partial charge in [-0.1, -0.05) is 0 Å². The second-order valence-electron chi connectivity index (χ2n) is 4.38. The number of ether oxygens (including phenoxy) is 1. The van der Waals surface area contributed by atoms with Crippen LogP contribution in [0.4, 0.5) is 5.69 Å². The van der Waals surface area contributed by atoms with Gasteiger partial charge in [-0.3, -0.25) is 4.98 Å². The minimum Gasteiger partial charge on any atom is -0.465 e. The Bertz CT molecular complexity index is 578. The van der Waals surface area contributed by atoms with Crippen LogP contribution in [0.5, 0.6) is 0 Å². The van der Waals surface area contributed by atoms with Crippen LogP contribution in [0.15, 0.2) is 30.6 Å². The molecule has 0 saturated heterocycles. The van der Waals surface area contributed by atoms with Gasteiger partial charge in [-0.15, -0.1) is 11.3 Å². The summed E-state index contributed by atoms with van der Waals surface area (Å²) in [5.74, 6) is -0.302. The van der Waals surface area contributed by atoms with Crippen LogP contribution >= 0.6 is 11.3 Å². The first-order valence-electron chi connectivity index (χ1n) is 6.01. The van der Waals surface area contributed by atoms with E-state index in [1.165, 1.54) is 18.4 Å². The van der Waals surface area contributed by atoms with Gasteiger partial charge >= 0.3 is 5.97 Å². The van der Waals surface area contributed by atoms with Crippen molar-refractivity contribution < 1.29 is 9.53 Å². The summed E-state index contributed by atoms with van der Waals surface area (Å²) in [4.78, 5) is 17.2. The lowest BCUT2D eigenvalue weighted by Gasteiger charge is -2.13. The van der Waals surface area contributed by atoms with E-state index < -0.39 is 0 Å². The van der Waals surface area contributed by atoms with Crippen molar-refractivity contribution in [3.63, 3.8) is 0 Å². The van der Waals surface area contributed by atoms with Gasteiger partial charge in [-0.2, -0.15) is 0 Å². The molecule has 0 aliphatic rings. The number of anilines is 1. The highest BCUT2D eigenvalue weighted by molar-refractivity contribution is 7.17. The summed E-state index contributed by atoms with van der Waals surface area (Å²) in [6.45, 7) is 4.15. The predicted molar refractivity (Wildman–Crippen MR) is 77.6 cm³/mol. The molecular weight excluding hydrogens is 260 g/mol. The molecule has 19 heavy (non-hydrogen) atoms. The minimum absolute atomic E-state index is 0.302. The Balaban J connectivity index is 2.36. The highest BCUT2D eigenvalue weighted by Gasteiger charge is 2.13. The van der Waals surface area contributed by atoms with Crippen LogP contribution in [0.1, 0.15) is 23.5 Å². The number of nitrogens with one attached hydrogen (secondary N) is 1. The van der Waals surface area contributed by atoms with Crippen molar-refractivity contribution in [2.24, 2.45) is 0 Å². The van der Waals surface area contributed by atoms with E-state index in [0.29, 0.717) is 10.9 Å². The number of carbonyl (C=O) groups is 1. The first-order chi connectivity index (χ1) is 9.11. The molecule has 4 nitrogen and oxygen atoms in total. The molecule has 0 saturated carbocycles. The fourth-order valence-corrected chi connectivity index (χ4v) is 2.69. The van der Waals surface area contributed by atoms with Gasteiger partial charge in [0, 0.05) is 22.7 Å². The van der Waals surface area contributed by atoms with Crippen LogP contribution < -0.4 is 5.32 Å². The molecule has 0 bridgehead atoms. The lowest BCUT2D eigenvalue weighted by atomic mass is 10.2. The van der Waals surface area contributed by atoms with E-state index in [1.807, 2.05) is 12.1 Å². The number of hydrogen-bond donors (Lipinski definition) is 1. The van der Waals surface area contributed by atoms with Crippen molar-refractivity contribution >= 4 is 23.0 Å². The molecule has 0 unspecified atom stereocenters. The summed E-state index contributed by atoms with van der Waals surface area (Å²) in [5.41, 5.74) is 2.01. The summed E-state index contributed by atoms with van der Waals surface area (Å²) in [7, 11) is 1.39. The SMILES string of the molecule is COC(=O)c1ccc(-c2ccncc2NC(C)C)s1. The molecule has 0 fully saturated rings. The van der Waals surface area contributed by atoms with E-state index in [1.54, 1.807) is 18.5 Å². The van der Waals surface area contributed by atoms with E-state index in [0.717, 1.165) is 16.1 Å². The summed E-state index contributed by atoms with van der Waals surface area (Å²) in [6.07, 6.45) is 3.55.